The fourth-order valence-electron chi connectivity index (χ4n) is 3.16. The third-order valence-electron chi connectivity index (χ3n) is 4.64. The Morgan fingerprint density at radius 3 is 2.76 bits per heavy atom. The summed E-state index contributed by atoms with van der Waals surface area (Å²) < 4.78 is 5.70. The molecule has 1 aliphatic carbocycles. The van der Waals surface area contributed by atoms with Crippen LogP contribution in [0.25, 0.3) is 0 Å². The molecule has 1 aromatic rings. The second-order valence-electron chi connectivity index (χ2n) is 6.28. The highest BCUT2D eigenvalue weighted by atomic mass is 16.5. The van der Waals surface area contributed by atoms with Gasteiger partial charge in [0.15, 0.2) is 6.10 Å². The van der Waals surface area contributed by atoms with Gasteiger partial charge in [0.05, 0.1) is 6.07 Å². The first-order valence-electron chi connectivity index (χ1n) is 7.60. The second-order valence-corrected chi connectivity index (χ2v) is 6.28. The van der Waals surface area contributed by atoms with Crippen LogP contribution in [0.2, 0.25) is 0 Å². The Labute approximate surface area is 125 Å². The fourth-order valence-corrected chi connectivity index (χ4v) is 3.16. The quantitative estimate of drug-likeness (QED) is 0.908. The first-order chi connectivity index (χ1) is 10.1. The number of rotatable bonds is 2. The van der Waals surface area contributed by atoms with E-state index in [1.807, 2.05) is 24.3 Å². The number of carbonyl (C=O) groups is 1. The second kappa shape index (κ2) is 5.40. The molecule has 21 heavy (non-hydrogen) atoms. The SMILES string of the molecule is CC1CCC(C#N)(NC(=O)C2Cc3ccccc3O2)CC1. The fraction of sp³-hybridized carbons (Fsp3) is 0.529. The molecule has 1 heterocycles. The zero-order valence-electron chi connectivity index (χ0n) is 12.3. The van der Waals surface area contributed by atoms with Crippen molar-refractivity contribution in [2.45, 2.75) is 50.7 Å². The molecule has 4 heteroatoms. The number of amides is 1. The molecule has 1 amide bonds. The molecular formula is C17H20N2O2. The number of nitrogens with one attached hydrogen (secondary N) is 1. The van der Waals surface area contributed by atoms with Crippen LogP contribution in [0.3, 0.4) is 0 Å². The molecule has 1 unspecified atom stereocenters. The molecule has 2 aliphatic rings. The van der Waals surface area contributed by atoms with Crippen molar-refractivity contribution in [3.05, 3.63) is 29.8 Å². The van der Waals surface area contributed by atoms with Crippen LogP contribution in [0.1, 0.15) is 38.2 Å². The van der Waals surface area contributed by atoms with Gasteiger partial charge in [0.25, 0.3) is 5.91 Å². The van der Waals surface area contributed by atoms with E-state index in [9.17, 15) is 10.1 Å². The summed E-state index contributed by atoms with van der Waals surface area (Å²) in [7, 11) is 0. The molecule has 1 atom stereocenters. The number of fused-ring (bicyclic) bond motifs is 1. The standard InChI is InChI=1S/C17H20N2O2/c1-12-6-8-17(11-18,9-7-12)19-16(20)15-10-13-4-2-3-5-14(13)21-15/h2-5,12,15H,6-10H2,1H3,(H,19,20). The van der Waals surface area contributed by atoms with E-state index in [4.69, 9.17) is 4.74 Å². The molecule has 1 fully saturated rings. The predicted molar refractivity (Wildman–Crippen MR) is 78.7 cm³/mol. The van der Waals surface area contributed by atoms with Crippen LogP contribution in [-0.2, 0) is 11.2 Å². The maximum Gasteiger partial charge on any atom is 0.262 e. The smallest absolute Gasteiger partial charge is 0.262 e. The minimum atomic E-state index is -0.707. The highest BCUT2D eigenvalue weighted by Gasteiger charge is 2.39. The van der Waals surface area contributed by atoms with E-state index in [1.54, 1.807) is 0 Å². The maximum absolute atomic E-state index is 12.4. The van der Waals surface area contributed by atoms with Crippen molar-refractivity contribution in [1.29, 1.82) is 5.26 Å². The molecule has 1 N–H and O–H groups in total. The van der Waals surface area contributed by atoms with Crippen LogP contribution >= 0.6 is 0 Å². The number of nitrogens with zero attached hydrogens (tertiary/aromatic N) is 1. The van der Waals surface area contributed by atoms with E-state index >= 15 is 0 Å². The zero-order valence-corrected chi connectivity index (χ0v) is 12.3. The Hall–Kier alpha value is -2.02. The van der Waals surface area contributed by atoms with E-state index in [1.165, 1.54) is 0 Å². The van der Waals surface area contributed by atoms with Crippen molar-refractivity contribution in [1.82, 2.24) is 5.32 Å². The minimum absolute atomic E-state index is 0.165. The van der Waals surface area contributed by atoms with E-state index in [-0.39, 0.29) is 5.91 Å². The Morgan fingerprint density at radius 2 is 2.10 bits per heavy atom. The van der Waals surface area contributed by atoms with Gasteiger partial charge in [-0.05, 0) is 43.2 Å². The summed E-state index contributed by atoms with van der Waals surface area (Å²) >= 11 is 0. The van der Waals surface area contributed by atoms with Crippen LogP contribution in [0.5, 0.6) is 5.75 Å². The number of carbonyl (C=O) groups excluding carboxylic acids is 1. The predicted octanol–water partition coefficient (Wildman–Crippen LogP) is 2.58. The van der Waals surface area contributed by atoms with Crippen molar-refractivity contribution in [3.8, 4) is 11.8 Å². The van der Waals surface area contributed by atoms with Gasteiger partial charge in [0.1, 0.15) is 11.3 Å². The molecule has 0 spiro atoms. The molecule has 1 aromatic carbocycles. The van der Waals surface area contributed by atoms with Gasteiger partial charge < -0.3 is 10.1 Å². The minimum Gasteiger partial charge on any atom is -0.480 e. The molecular weight excluding hydrogens is 264 g/mol. The van der Waals surface area contributed by atoms with Gasteiger partial charge in [-0.15, -0.1) is 0 Å². The van der Waals surface area contributed by atoms with E-state index < -0.39 is 11.6 Å². The summed E-state index contributed by atoms with van der Waals surface area (Å²) in [6.07, 6.45) is 3.51. The molecule has 110 valence electrons. The molecule has 4 nitrogen and oxygen atoms in total. The lowest BCUT2D eigenvalue weighted by Crippen LogP contribution is -2.53. The largest absolute Gasteiger partial charge is 0.480 e. The van der Waals surface area contributed by atoms with E-state index in [2.05, 4.69) is 18.3 Å². The van der Waals surface area contributed by atoms with Gasteiger partial charge in [-0.1, -0.05) is 25.1 Å². The van der Waals surface area contributed by atoms with Crippen molar-refractivity contribution in [2.24, 2.45) is 5.92 Å². The van der Waals surface area contributed by atoms with Crippen molar-refractivity contribution in [3.63, 3.8) is 0 Å². The summed E-state index contributed by atoms with van der Waals surface area (Å²) in [5, 5.41) is 12.4. The lowest BCUT2D eigenvalue weighted by atomic mass is 9.78. The molecule has 0 saturated heterocycles. The van der Waals surface area contributed by atoms with Crippen LogP contribution < -0.4 is 10.1 Å². The van der Waals surface area contributed by atoms with Crippen LogP contribution in [0.15, 0.2) is 24.3 Å². The van der Waals surface area contributed by atoms with Gasteiger partial charge in [-0.25, -0.2) is 0 Å². The third kappa shape index (κ3) is 2.73. The van der Waals surface area contributed by atoms with Gasteiger partial charge in [0, 0.05) is 6.42 Å². The lowest BCUT2D eigenvalue weighted by molar-refractivity contribution is -0.129. The molecule has 3 rings (SSSR count). The number of hydrogen-bond acceptors (Lipinski definition) is 3. The van der Waals surface area contributed by atoms with E-state index in [0.717, 1.165) is 37.0 Å². The number of benzene rings is 1. The summed E-state index contributed by atoms with van der Waals surface area (Å²) in [6, 6.07) is 10.0. The molecule has 0 radical (unpaired) electrons. The zero-order chi connectivity index (χ0) is 14.9. The lowest BCUT2D eigenvalue weighted by Gasteiger charge is -2.34. The van der Waals surface area contributed by atoms with Crippen molar-refractivity contribution < 1.29 is 9.53 Å². The summed E-state index contributed by atoms with van der Waals surface area (Å²) in [5.74, 6) is 1.25. The van der Waals surface area contributed by atoms with Gasteiger partial charge >= 0.3 is 0 Å². The number of hydrogen-bond donors (Lipinski definition) is 1. The van der Waals surface area contributed by atoms with Crippen LogP contribution in [0, 0.1) is 17.2 Å². The maximum atomic E-state index is 12.4. The van der Waals surface area contributed by atoms with Crippen LogP contribution in [-0.4, -0.2) is 17.6 Å². The number of ether oxygens (including phenoxy) is 1. The van der Waals surface area contributed by atoms with Gasteiger partial charge in [-0.2, -0.15) is 5.26 Å². The monoisotopic (exact) mass is 284 g/mol. The van der Waals surface area contributed by atoms with E-state index in [0.29, 0.717) is 12.3 Å². The Balaban J connectivity index is 1.66. The van der Waals surface area contributed by atoms with Crippen molar-refractivity contribution in [2.75, 3.05) is 0 Å². The average Bonchev–Trinajstić information content (AvgIpc) is 2.94. The molecule has 1 aliphatic heterocycles. The number of nitriles is 1. The highest BCUT2D eigenvalue weighted by molar-refractivity contribution is 5.83. The average molecular weight is 284 g/mol. The Kier molecular flexibility index (Phi) is 3.59. The summed E-state index contributed by atoms with van der Waals surface area (Å²) in [4.78, 5) is 12.4. The van der Waals surface area contributed by atoms with Gasteiger partial charge in [-0.3, -0.25) is 4.79 Å². The Morgan fingerprint density at radius 1 is 1.38 bits per heavy atom. The van der Waals surface area contributed by atoms with Crippen LogP contribution in [0.4, 0.5) is 0 Å². The Bertz CT molecular complexity index is 558. The summed E-state index contributed by atoms with van der Waals surface area (Å²) in [6.45, 7) is 2.19. The topological polar surface area (TPSA) is 62.1 Å². The molecule has 0 aromatic heterocycles. The van der Waals surface area contributed by atoms with Crippen molar-refractivity contribution >= 4 is 5.91 Å². The highest BCUT2D eigenvalue weighted by Crippen LogP contribution is 2.33. The third-order valence-corrected chi connectivity index (χ3v) is 4.64. The number of para-hydroxylation sites is 1. The first kappa shape index (κ1) is 13.9. The molecule has 0 bridgehead atoms. The summed E-state index contributed by atoms with van der Waals surface area (Å²) in [5.41, 5.74) is 0.350. The normalized spacial score (nSPS) is 30.9. The molecule has 1 saturated carbocycles. The van der Waals surface area contributed by atoms with Gasteiger partial charge in [0.2, 0.25) is 0 Å². The first-order valence-corrected chi connectivity index (χ1v) is 7.60.